The van der Waals surface area contributed by atoms with Gasteiger partial charge in [-0.2, -0.15) is 0 Å². The number of carbonyl (C=O) groups excluding carboxylic acids is 1. The van der Waals surface area contributed by atoms with Gasteiger partial charge in [-0.15, -0.1) is 0 Å². The average Bonchev–Trinajstić information content (AvgIpc) is 3.19. The fourth-order valence-electron chi connectivity index (χ4n) is 3.31. The lowest BCUT2D eigenvalue weighted by atomic mass is 10.1. The number of likely N-dealkylation sites (tertiary alicyclic amines) is 1. The normalized spacial score (nSPS) is 25.0. The minimum absolute atomic E-state index is 0.0742. The molecule has 1 N–H and O–H groups in total. The van der Waals surface area contributed by atoms with Gasteiger partial charge in [0.15, 0.2) is 0 Å². The van der Waals surface area contributed by atoms with Gasteiger partial charge in [-0.1, -0.05) is 0 Å². The number of ether oxygens (including phenoxy) is 1. The highest BCUT2D eigenvalue weighted by Crippen LogP contribution is 2.19. The Morgan fingerprint density at radius 2 is 1.87 bits per heavy atom. The van der Waals surface area contributed by atoms with Gasteiger partial charge in [0.2, 0.25) is 0 Å². The predicted molar refractivity (Wildman–Crippen MR) is 83.6 cm³/mol. The van der Waals surface area contributed by atoms with Gasteiger partial charge >= 0.3 is 5.69 Å². The Balaban J connectivity index is 1.79. The van der Waals surface area contributed by atoms with Crippen LogP contribution in [0.1, 0.15) is 23.3 Å². The number of hydrogen-bond donors (Lipinski definition) is 1. The smallest absolute Gasteiger partial charge is 0.331 e. The molecule has 8 nitrogen and oxygen atoms in total. The molecular weight excluding hydrogens is 300 g/mol. The SMILES string of the molecule is Cn1c(C(=O)N[C@H]2COC[C@@H]2N2CCCC2)cc(=O)n(C)c1=O. The van der Waals surface area contributed by atoms with E-state index < -0.39 is 17.2 Å². The Kier molecular flexibility index (Phi) is 4.36. The monoisotopic (exact) mass is 322 g/mol. The summed E-state index contributed by atoms with van der Waals surface area (Å²) in [6.45, 7) is 3.08. The van der Waals surface area contributed by atoms with E-state index in [1.54, 1.807) is 0 Å². The summed E-state index contributed by atoms with van der Waals surface area (Å²) in [6, 6.07) is 1.22. The molecule has 0 aromatic carbocycles. The molecule has 0 spiro atoms. The zero-order valence-electron chi connectivity index (χ0n) is 13.4. The van der Waals surface area contributed by atoms with E-state index in [0.29, 0.717) is 13.2 Å². The number of rotatable bonds is 3. The van der Waals surface area contributed by atoms with Gasteiger partial charge in [-0.05, 0) is 25.9 Å². The van der Waals surface area contributed by atoms with Crippen LogP contribution in [0.5, 0.6) is 0 Å². The first-order valence-corrected chi connectivity index (χ1v) is 7.89. The zero-order chi connectivity index (χ0) is 16.6. The van der Waals surface area contributed by atoms with E-state index in [0.717, 1.165) is 17.7 Å². The Morgan fingerprint density at radius 3 is 2.57 bits per heavy atom. The van der Waals surface area contributed by atoms with Gasteiger partial charge in [0.25, 0.3) is 11.5 Å². The minimum atomic E-state index is -0.513. The Hall–Kier alpha value is -1.93. The maximum Gasteiger partial charge on any atom is 0.331 e. The number of amides is 1. The lowest BCUT2D eigenvalue weighted by Crippen LogP contribution is -2.51. The second-order valence-corrected chi connectivity index (χ2v) is 6.20. The third-order valence-electron chi connectivity index (χ3n) is 4.74. The van der Waals surface area contributed by atoms with Crippen molar-refractivity contribution in [2.24, 2.45) is 14.1 Å². The lowest BCUT2D eigenvalue weighted by Gasteiger charge is -2.28. The van der Waals surface area contributed by atoms with Crippen molar-refractivity contribution >= 4 is 5.91 Å². The molecule has 1 amide bonds. The Labute approximate surface area is 133 Å². The molecule has 2 fully saturated rings. The summed E-state index contributed by atoms with van der Waals surface area (Å²) in [6.07, 6.45) is 2.33. The average molecular weight is 322 g/mol. The lowest BCUT2D eigenvalue weighted by molar-refractivity contribution is 0.0906. The summed E-state index contributed by atoms with van der Waals surface area (Å²) in [4.78, 5) is 38.5. The van der Waals surface area contributed by atoms with Gasteiger partial charge in [0.1, 0.15) is 5.69 Å². The van der Waals surface area contributed by atoms with Crippen LogP contribution in [0.4, 0.5) is 0 Å². The van der Waals surface area contributed by atoms with Gasteiger partial charge in [-0.3, -0.25) is 23.6 Å². The Bertz CT molecular complexity index is 717. The third kappa shape index (κ3) is 2.96. The van der Waals surface area contributed by atoms with E-state index in [1.807, 2.05) is 0 Å². The fraction of sp³-hybridized carbons (Fsp3) is 0.667. The van der Waals surface area contributed by atoms with Gasteiger partial charge in [0, 0.05) is 20.2 Å². The topological polar surface area (TPSA) is 85.6 Å². The molecular formula is C15H22N4O4. The molecule has 1 aromatic heterocycles. The maximum atomic E-state index is 12.5. The number of aromatic nitrogens is 2. The van der Waals surface area contributed by atoms with E-state index >= 15 is 0 Å². The second kappa shape index (κ2) is 6.29. The first-order chi connectivity index (χ1) is 11.0. The molecule has 0 saturated carbocycles. The van der Waals surface area contributed by atoms with Crippen LogP contribution in [0.25, 0.3) is 0 Å². The molecule has 2 aliphatic heterocycles. The van der Waals surface area contributed by atoms with Crippen molar-refractivity contribution in [1.29, 1.82) is 0 Å². The van der Waals surface area contributed by atoms with Crippen molar-refractivity contribution in [3.8, 4) is 0 Å². The maximum absolute atomic E-state index is 12.5. The molecule has 0 unspecified atom stereocenters. The molecule has 0 aliphatic carbocycles. The molecule has 0 radical (unpaired) electrons. The van der Waals surface area contributed by atoms with E-state index in [2.05, 4.69) is 10.2 Å². The third-order valence-corrected chi connectivity index (χ3v) is 4.74. The van der Waals surface area contributed by atoms with Gasteiger partial charge in [0.05, 0.1) is 25.3 Å². The molecule has 2 atom stereocenters. The first kappa shape index (κ1) is 15.9. The molecule has 2 aliphatic rings. The highest BCUT2D eigenvalue weighted by atomic mass is 16.5. The number of nitrogens with one attached hydrogen (secondary N) is 1. The number of nitrogens with zero attached hydrogens (tertiary/aromatic N) is 3. The van der Waals surface area contributed by atoms with Crippen molar-refractivity contribution in [2.45, 2.75) is 24.9 Å². The number of carbonyl (C=O) groups is 1. The summed E-state index contributed by atoms with van der Waals surface area (Å²) in [5, 5.41) is 2.92. The standard InChI is InChI=1S/C15H22N4O4/c1-17-11(7-13(20)18(2)15(17)22)14(21)16-10-8-23-9-12(10)19-5-3-4-6-19/h7,10,12H,3-6,8-9H2,1-2H3,(H,16,21)/t10-,12-/m0/s1. The molecule has 23 heavy (non-hydrogen) atoms. The van der Waals surface area contributed by atoms with Crippen molar-refractivity contribution in [1.82, 2.24) is 19.4 Å². The van der Waals surface area contributed by atoms with Crippen LogP contribution in [0.3, 0.4) is 0 Å². The predicted octanol–water partition coefficient (Wildman–Crippen LogP) is -1.32. The highest BCUT2D eigenvalue weighted by Gasteiger charge is 2.35. The summed E-state index contributed by atoms with van der Waals surface area (Å²) >= 11 is 0. The molecule has 2 saturated heterocycles. The molecule has 3 rings (SSSR count). The van der Waals surface area contributed by atoms with E-state index in [1.165, 1.54) is 37.6 Å². The van der Waals surface area contributed by atoms with E-state index in [-0.39, 0.29) is 17.8 Å². The van der Waals surface area contributed by atoms with E-state index in [9.17, 15) is 14.4 Å². The van der Waals surface area contributed by atoms with Crippen LogP contribution in [-0.2, 0) is 18.8 Å². The Morgan fingerprint density at radius 1 is 1.17 bits per heavy atom. The van der Waals surface area contributed by atoms with Crippen molar-refractivity contribution in [3.63, 3.8) is 0 Å². The van der Waals surface area contributed by atoms with Crippen molar-refractivity contribution in [3.05, 3.63) is 32.6 Å². The van der Waals surface area contributed by atoms with Crippen molar-refractivity contribution < 1.29 is 9.53 Å². The van der Waals surface area contributed by atoms with Crippen LogP contribution in [0, 0.1) is 0 Å². The molecule has 126 valence electrons. The summed E-state index contributed by atoms with van der Waals surface area (Å²) < 4.78 is 7.69. The van der Waals surface area contributed by atoms with Crippen LogP contribution in [0.15, 0.2) is 15.7 Å². The second-order valence-electron chi connectivity index (χ2n) is 6.20. The van der Waals surface area contributed by atoms with Crippen LogP contribution in [-0.4, -0.2) is 58.3 Å². The largest absolute Gasteiger partial charge is 0.378 e. The van der Waals surface area contributed by atoms with Crippen LogP contribution >= 0.6 is 0 Å². The quantitative estimate of drug-likeness (QED) is 0.746. The molecule has 1 aromatic rings. The minimum Gasteiger partial charge on any atom is -0.378 e. The molecule has 8 heteroatoms. The van der Waals surface area contributed by atoms with Gasteiger partial charge < -0.3 is 10.1 Å². The summed E-state index contributed by atoms with van der Waals surface area (Å²) in [5.74, 6) is -0.415. The summed E-state index contributed by atoms with van der Waals surface area (Å²) in [5.41, 5.74) is -0.927. The summed E-state index contributed by atoms with van der Waals surface area (Å²) in [7, 11) is 2.88. The van der Waals surface area contributed by atoms with Crippen molar-refractivity contribution in [2.75, 3.05) is 26.3 Å². The highest BCUT2D eigenvalue weighted by molar-refractivity contribution is 5.92. The molecule has 0 bridgehead atoms. The van der Waals surface area contributed by atoms with Crippen LogP contribution in [0.2, 0.25) is 0 Å². The first-order valence-electron chi connectivity index (χ1n) is 7.89. The number of hydrogen-bond acceptors (Lipinski definition) is 5. The zero-order valence-corrected chi connectivity index (χ0v) is 13.4. The van der Waals surface area contributed by atoms with E-state index in [4.69, 9.17) is 4.74 Å². The van der Waals surface area contributed by atoms with Crippen LogP contribution < -0.4 is 16.6 Å². The fourth-order valence-corrected chi connectivity index (χ4v) is 3.31. The van der Waals surface area contributed by atoms with Gasteiger partial charge in [-0.25, -0.2) is 4.79 Å². The molecule has 3 heterocycles.